The molecule has 0 aromatic heterocycles. The first kappa shape index (κ1) is 23.1. The van der Waals surface area contributed by atoms with E-state index in [1.807, 2.05) is 6.92 Å². The molecule has 2 aromatic rings. The van der Waals surface area contributed by atoms with Gasteiger partial charge in [-0.15, -0.1) is 0 Å². The number of hydrogen-bond donors (Lipinski definition) is 2. The van der Waals surface area contributed by atoms with E-state index in [1.165, 1.54) is 18.2 Å². The number of nitrogens with zero attached hydrogens (tertiary/aromatic N) is 1. The molecule has 0 radical (unpaired) electrons. The Morgan fingerprint density at radius 2 is 2.10 bits per heavy atom. The van der Waals surface area contributed by atoms with Crippen LogP contribution in [0.1, 0.15) is 17.3 Å². The molecule has 1 aliphatic heterocycles. The molecule has 1 saturated heterocycles. The Hall–Kier alpha value is -2.55. The van der Waals surface area contributed by atoms with Crippen molar-refractivity contribution in [3.05, 3.63) is 52.8 Å². The SMILES string of the molecule is CCOc1cc(N)c(Cl)cc1C(=O)NCC1CN(CCOc2ccc(F)cc2)CCO1. The highest BCUT2D eigenvalue weighted by Gasteiger charge is 2.22. The lowest BCUT2D eigenvalue weighted by atomic mass is 10.1. The van der Waals surface area contributed by atoms with Crippen molar-refractivity contribution in [3.63, 3.8) is 0 Å². The van der Waals surface area contributed by atoms with Crippen molar-refractivity contribution in [2.45, 2.75) is 13.0 Å². The Labute approximate surface area is 186 Å². The fraction of sp³-hybridized carbons (Fsp3) is 0.409. The summed E-state index contributed by atoms with van der Waals surface area (Å²) in [5.41, 5.74) is 6.51. The van der Waals surface area contributed by atoms with E-state index >= 15 is 0 Å². The van der Waals surface area contributed by atoms with Crippen molar-refractivity contribution < 1.29 is 23.4 Å². The minimum Gasteiger partial charge on any atom is -0.493 e. The number of rotatable bonds is 9. The molecule has 1 heterocycles. The van der Waals surface area contributed by atoms with Gasteiger partial charge in [-0.1, -0.05) is 11.6 Å². The number of carbonyl (C=O) groups excluding carboxylic acids is 1. The minimum atomic E-state index is -0.300. The monoisotopic (exact) mass is 451 g/mol. The number of amides is 1. The predicted octanol–water partition coefficient (Wildman–Crippen LogP) is 2.97. The van der Waals surface area contributed by atoms with Crippen LogP contribution in [-0.2, 0) is 4.74 Å². The highest BCUT2D eigenvalue weighted by molar-refractivity contribution is 6.33. The number of nitrogens with two attached hydrogens (primary N) is 1. The molecule has 7 nitrogen and oxygen atoms in total. The fourth-order valence-corrected chi connectivity index (χ4v) is 3.42. The van der Waals surface area contributed by atoms with Gasteiger partial charge >= 0.3 is 0 Å². The lowest BCUT2D eigenvalue weighted by molar-refractivity contribution is -0.0293. The largest absolute Gasteiger partial charge is 0.493 e. The Morgan fingerprint density at radius 3 is 2.84 bits per heavy atom. The Bertz CT molecular complexity index is 882. The number of morpholine rings is 1. The van der Waals surface area contributed by atoms with Gasteiger partial charge in [-0.25, -0.2) is 4.39 Å². The van der Waals surface area contributed by atoms with Gasteiger partial charge in [0.25, 0.3) is 5.91 Å². The summed E-state index contributed by atoms with van der Waals surface area (Å²) in [5.74, 6) is 0.433. The van der Waals surface area contributed by atoms with Crippen LogP contribution in [0.5, 0.6) is 11.5 Å². The first-order valence-corrected chi connectivity index (χ1v) is 10.6. The summed E-state index contributed by atoms with van der Waals surface area (Å²) in [7, 11) is 0. The van der Waals surface area contributed by atoms with Crippen molar-refractivity contribution >= 4 is 23.2 Å². The number of anilines is 1. The molecular weight excluding hydrogens is 425 g/mol. The Balaban J connectivity index is 1.47. The lowest BCUT2D eigenvalue weighted by Gasteiger charge is -2.32. The third-order valence-corrected chi connectivity index (χ3v) is 5.17. The van der Waals surface area contributed by atoms with Crippen LogP contribution in [0.3, 0.4) is 0 Å². The zero-order valence-electron chi connectivity index (χ0n) is 17.4. The number of halogens is 2. The van der Waals surface area contributed by atoms with Crippen LogP contribution < -0.4 is 20.5 Å². The average Bonchev–Trinajstić information content (AvgIpc) is 2.76. The fourth-order valence-electron chi connectivity index (χ4n) is 3.25. The van der Waals surface area contributed by atoms with Crippen LogP contribution in [0.15, 0.2) is 36.4 Å². The van der Waals surface area contributed by atoms with Gasteiger partial charge < -0.3 is 25.3 Å². The smallest absolute Gasteiger partial charge is 0.255 e. The van der Waals surface area contributed by atoms with Crippen molar-refractivity contribution in [1.82, 2.24) is 10.2 Å². The van der Waals surface area contributed by atoms with Crippen LogP contribution in [-0.4, -0.2) is 62.9 Å². The van der Waals surface area contributed by atoms with Gasteiger partial charge in [-0.2, -0.15) is 0 Å². The van der Waals surface area contributed by atoms with E-state index in [4.69, 9.17) is 31.5 Å². The minimum absolute atomic E-state index is 0.150. The van der Waals surface area contributed by atoms with Gasteiger partial charge in [0.05, 0.1) is 35.6 Å². The molecule has 0 saturated carbocycles. The molecule has 0 spiro atoms. The van der Waals surface area contributed by atoms with E-state index in [9.17, 15) is 9.18 Å². The number of nitrogen functional groups attached to an aromatic ring is 1. The number of nitrogens with one attached hydrogen (secondary N) is 1. The van der Waals surface area contributed by atoms with Crippen molar-refractivity contribution in [3.8, 4) is 11.5 Å². The standard InChI is InChI=1S/C22H27ClFN3O4/c1-2-29-21-12-20(25)19(23)11-18(21)22(28)26-13-17-14-27(8-10-31-17)7-9-30-16-5-3-15(24)4-6-16/h3-6,11-12,17H,2,7-10,13-14,25H2,1H3,(H,26,28). The van der Waals surface area contributed by atoms with E-state index in [0.717, 1.165) is 6.54 Å². The topological polar surface area (TPSA) is 86.0 Å². The molecule has 0 aliphatic carbocycles. The van der Waals surface area contributed by atoms with Crippen LogP contribution in [0.4, 0.5) is 10.1 Å². The summed E-state index contributed by atoms with van der Waals surface area (Å²) < 4.78 is 29.9. The van der Waals surface area contributed by atoms with Gasteiger partial charge in [0, 0.05) is 32.2 Å². The van der Waals surface area contributed by atoms with Crippen LogP contribution >= 0.6 is 11.6 Å². The van der Waals surface area contributed by atoms with Gasteiger partial charge in [-0.3, -0.25) is 9.69 Å². The summed E-state index contributed by atoms with van der Waals surface area (Å²) in [6.45, 7) is 5.77. The van der Waals surface area contributed by atoms with E-state index < -0.39 is 0 Å². The third kappa shape index (κ3) is 6.72. The van der Waals surface area contributed by atoms with Crippen molar-refractivity contribution in [2.75, 3.05) is 51.7 Å². The van der Waals surface area contributed by atoms with E-state index in [0.29, 0.717) is 67.2 Å². The average molecular weight is 452 g/mol. The molecule has 2 aromatic carbocycles. The molecule has 3 rings (SSSR count). The number of hydrogen-bond acceptors (Lipinski definition) is 6. The molecule has 1 fully saturated rings. The van der Waals surface area contributed by atoms with E-state index in [2.05, 4.69) is 10.2 Å². The maximum absolute atomic E-state index is 13.0. The Morgan fingerprint density at radius 1 is 1.32 bits per heavy atom. The number of benzene rings is 2. The number of carbonyl (C=O) groups is 1. The summed E-state index contributed by atoms with van der Waals surface area (Å²) in [5, 5.41) is 3.19. The van der Waals surface area contributed by atoms with Crippen LogP contribution in [0, 0.1) is 5.82 Å². The van der Waals surface area contributed by atoms with Gasteiger partial charge in [0.1, 0.15) is 23.9 Å². The molecule has 31 heavy (non-hydrogen) atoms. The van der Waals surface area contributed by atoms with Gasteiger partial charge in [0.2, 0.25) is 0 Å². The van der Waals surface area contributed by atoms with E-state index in [-0.39, 0.29) is 17.8 Å². The normalized spacial score (nSPS) is 16.7. The molecule has 1 atom stereocenters. The van der Waals surface area contributed by atoms with Crippen molar-refractivity contribution in [1.29, 1.82) is 0 Å². The second-order valence-corrected chi connectivity index (χ2v) is 7.52. The first-order chi connectivity index (χ1) is 15.0. The zero-order valence-corrected chi connectivity index (χ0v) is 18.2. The maximum Gasteiger partial charge on any atom is 0.255 e. The third-order valence-electron chi connectivity index (χ3n) is 4.85. The number of ether oxygens (including phenoxy) is 3. The molecule has 0 bridgehead atoms. The highest BCUT2D eigenvalue weighted by atomic mass is 35.5. The van der Waals surface area contributed by atoms with Crippen molar-refractivity contribution in [2.24, 2.45) is 0 Å². The molecule has 168 valence electrons. The maximum atomic E-state index is 13.0. The second kappa shape index (κ2) is 11.2. The second-order valence-electron chi connectivity index (χ2n) is 7.11. The molecule has 9 heteroatoms. The molecule has 3 N–H and O–H groups in total. The van der Waals surface area contributed by atoms with Crippen LogP contribution in [0.2, 0.25) is 5.02 Å². The van der Waals surface area contributed by atoms with Gasteiger partial charge in [0.15, 0.2) is 0 Å². The molecule has 1 amide bonds. The summed E-state index contributed by atoms with van der Waals surface area (Å²) >= 11 is 6.08. The Kier molecular flexibility index (Phi) is 8.34. The first-order valence-electron chi connectivity index (χ1n) is 10.2. The van der Waals surface area contributed by atoms with Gasteiger partial charge in [-0.05, 0) is 37.3 Å². The van der Waals surface area contributed by atoms with E-state index in [1.54, 1.807) is 18.2 Å². The lowest BCUT2D eigenvalue weighted by Crippen LogP contribution is -2.48. The molecular formula is C22H27ClFN3O4. The molecule has 1 aliphatic rings. The quantitative estimate of drug-likeness (QED) is 0.570. The highest BCUT2D eigenvalue weighted by Crippen LogP contribution is 2.29. The molecule has 1 unspecified atom stereocenters. The predicted molar refractivity (Wildman–Crippen MR) is 117 cm³/mol. The summed E-state index contributed by atoms with van der Waals surface area (Å²) in [6, 6.07) is 9.01. The van der Waals surface area contributed by atoms with Crippen LogP contribution in [0.25, 0.3) is 0 Å². The summed E-state index contributed by atoms with van der Waals surface area (Å²) in [4.78, 5) is 14.9. The summed E-state index contributed by atoms with van der Waals surface area (Å²) in [6.07, 6.45) is -0.150. The zero-order chi connectivity index (χ0) is 22.2.